The molecule has 0 spiro atoms. The van der Waals surface area contributed by atoms with Crippen molar-refractivity contribution in [2.75, 3.05) is 6.61 Å². The third-order valence-electron chi connectivity index (χ3n) is 2.74. The molecule has 0 aromatic heterocycles. The van der Waals surface area contributed by atoms with Crippen LogP contribution in [0.1, 0.15) is 22.8 Å². The van der Waals surface area contributed by atoms with Gasteiger partial charge in [0.25, 0.3) is 0 Å². The number of benzene rings is 2. The minimum atomic E-state index is -1.02. The molecular weight excluding hydrogens is 256 g/mol. The Morgan fingerprint density at radius 1 is 1.10 bits per heavy atom. The van der Waals surface area contributed by atoms with Gasteiger partial charge in [0.2, 0.25) is 0 Å². The Morgan fingerprint density at radius 3 is 2.45 bits per heavy atom. The van der Waals surface area contributed by atoms with E-state index in [0.29, 0.717) is 23.9 Å². The Bertz CT molecular complexity index is 620. The predicted molar refractivity (Wildman–Crippen MR) is 75.8 cm³/mol. The Labute approximate surface area is 117 Å². The summed E-state index contributed by atoms with van der Waals surface area (Å²) in [7, 11) is 0. The van der Waals surface area contributed by atoms with Gasteiger partial charge in [-0.2, -0.15) is 0 Å². The van der Waals surface area contributed by atoms with Crippen LogP contribution in [0.4, 0.5) is 0 Å². The average Bonchev–Trinajstić information content (AvgIpc) is 2.41. The van der Waals surface area contributed by atoms with Crippen LogP contribution in [-0.2, 0) is 0 Å². The lowest BCUT2D eigenvalue weighted by Crippen LogP contribution is -2.01. The first-order valence-corrected chi connectivity index (χ1v) is 6.35. The van der Waals surface area contributed by atoms with E-state index in [4.69, 9.17) is 9.47 Å². The van der Waals surface area contributed by atoms with E-state index in [1.807, 2.05) is 26.0 Å². The van der Waals surface area contributed by atoms with E-state index >= 15 is 0 Å². The van der Waals surface area contributed by atoms with Crippen molar-refractivity contribution in [2.24, 2.45) is 0 Å². The van der Waals surface area contributed by atoms with Gasteiger partial charge in [-0.1, -0.05) is 18.2 Å². The van der Waals surface area contributed by atoms with Crippen LogP contribution in [-0.4, -0.2) is 17.7 Å². The van der Waals surface area contributed by atoms with Crippen LogP contribution in [0.3, 0.4) is 0 Å². The molecule has 0 bridgehead atoms. The van der Waals surface area contributed by atoms with Crippen molar-refractivity contribution in [1.82, 2.24) is 0 Å². The first-order chi connectivity index (χ1) is 9.61. The highest BCUT2D eigenvalue weighted by molar-refractivity contribution is 5.91. The van der Waals surface area contributed by atoms with Crippen LogP contribution in [0.5, 0.6) is 17.2 Å². The van der Waals surface area contributed by atoms with Crippen LogP contribution in [0, 0.1) is 6.92 Å². The van der Waals surface area contributed by atoms with E-state index in [2.05, 4.69) is 0 Å². The Balaban J connectivity index is 2.39. The van der Waals surface area contributed by atoms with E-state index in [0.717, 1.165) is 5.56 Å². The lowest BCUT2D eigenvalue weighted by molar-refractivity contribution is 0.0694. The predicted octanol–water partition coefficient (Wildman–Crippen LogP) is 3.88. The third kappa shape index (κ3) is 3.09. The maximum absolute atomic E-state index is 11.2. The molecule has 4 nitrogen and oxygen atoms in total. The van der Waals surface area contributed by atoms with Gasteiger partial charge in [0.1, 0.15) is 11.3 Å². The molecule has 2 rings (SSSR count). The molecule has 0 saturated carbocycles. The Kier molecular flexibility index (Phi) is 4.25. The van der Waals surface area contributed by atoms with Crippen LogP contribution in [0.2, 0.25) is 0 Å². The van der Waals surface area contributed by atoms with Crippen molar-refractivity contribution >= 4 is 5.97 Å². The van der Waals surface area contributed by atoms with E-state index in [1.54, 1.807) is 24.3 Å². The van der Waals surface area contributed by atoms with Gasteiger partial charge in [-0.25, -0.2) is 4.79 Å². The molecule has 0 atom stereocenters. The fourth-order valence-electron chi connectivity index (χ4n) is 1.82. The van der Waals surface area contributed by atoms with Gasteiger partial charge in [-0.3, -0.25) is 0 Å². The molecule has 0 radical (unpaired) electrons. The average molecular weight is 272 g/mol. The molecular formula is C16H16O4. The number of carbonyl (C=O) groups is 1. The van der Waals surface area contributed by atoms with E-state index in [-0.39, 0.29) is 5.56 Å². The number of carboxylic acids is 1. The van der Waals surface area contributed by atoms with Crippen LogP contribution in [0.15, 0.2) is 42.5 Å². The molecule has 0 unspecified atom stereocenters. The highest BCUT2D eigenvalue weighted by Crippen LogP contribution is 2.33. The second-order valence-electron chi connectivity index (χ2n) is 4.29. The normalized spacial score (nSPS) is 10.1. The van der Waals surface area contributed by atoms with Gasteiger partial charge in [0, 0.05) is 0 Å². The van der Waals surface area contributed by atoms with Crippen molar-refractivity contribution < 1.29 is 19.4 Å². The zero-order chi connectivity index (χ0) is 14.5. The fourth-order valence-corrected chi connectivity index (χ4v) is 1.82. The summed E-state index contributed by atoms with van der Waals surface area (Å²) >= 11 is 0. The largest absolute Gasteiger partial charge is 0.490 e. The molecule has 2 aromatic rings. The number of aryl methyl sites for hydroxylation is 1. The molecule has 0 heterocycles. The molecule has 0 fully saturated rings. The van der Waals surface area contributed by atoms with E-state index < -0.39 is 5.97 Å². The minimum Gasteiger partial charge on any atom is -0.490 e. The molecule has 1 N–H and O–H groups in total. The van der Waals surface area contributed by atoms with Gasteiger partial charge >= 0.3 is 5.97 Å². The van der Waals surface area contributed by atoms with Crippen molar-refractivity contribution in [3.05, 3.63) is 53.6 Å². The van der Waals surface area contributed by atoms with Crippen LogP contribution < -0.4 is 9.47 Å². The Hall–Kier alpha value is -2.49. The smallest absolute Gasteiger partial charge is 0.339 e. The summed E-state index contributed by atoms with van der Waals surface area (Å²) in [6, 6.07) is 12.2. The highest BCUT2D eigenvalue weighted by Gasteiger charge is 2.14. The number of rotatable bonds is 5. The highest BCUT2D eigenvalue weighted by atomic mass is 16.5. The monoisotopic (exact) mass is 272 g/mol. The maximum atomic E-state index is 11.2. The van der Waals surface area contributed by atoms with Crippen molar-refractivity contribution in [3.8, 4) is 17.2 Å². The number of para-hydroxylation sites is 2. The standard InChI is InChI=1S/C16H16O4/c1-3-19-13-6-4-5-7-14(13)20-15-10-11(2)8-9-12(15)16(17)18/h4-10H,3H2,1-2H3,(H,17,18). The summed E-state index contributed by atoms with van der Waals surface area (Å²) in [4.78, 5) is 11.2. The first-order valence-electron chi connectivity index (χ1n) is 6.35. The zero-order valence-corrected chi connectivity index (χ0v) is 11.4. The lowest BCUT2D eigenvalue weighted by atomic mass is 10.1. The van der Waals surface area contributed by atoms with E-state index in [9.17, 15) is 9.90 Å². The summed E-state index contributed by atoms with van der Waals surface area (Å²) in [5, 5.41) is 9.20. The summed E-state index contributed by atoms with van der Waals surface area (Å²) in [6.07, 6.45) is 0. The van der Waals surface area contributed by atoms with Gasteiger partial charge in [0.05, 0.1) is 6.61 Å². The molecule has 0 aliphatic heterocycles. The number of aromatic carboxylic acids is 1. The molecule has 2 aromatic carbocycles. The molecule has 4 heteroatoms. The lowest BCUT2D eigenvalue weighted by Gasteiger charge is -2.13. The van der Waals surface area contributed by atoms with E-state index in [1.165, 1.54) is 6.07 Å². The van der Waals surface area contributed by atoms with Gasteiger partial charge in [-0.15, -0.1) is 0 Å². The summed E-state index contributed by atoms with van der Waals surface area (Å²) in [6.45, 7) is 4.28. The topological polar surface area (TPSA) is 55.8 Å². The quantitative estimate of drug-likeness (QED) is 0.897. The van der Waals surface area contributed by atoms with Crippen LogP contribution >= 0.6 is 0 Å². The summed E-state index contributed by atoms with van der Waals surface area (Å²) in [5.41, 5.74) is 1.06. The van der Waals surface area contributed by atoms with Crippen LogP contribution in [0.25, 0.3) is 0 Å². The number of carboxylic acid groups (broad SMARTS) is 1. The zero-order valence-electron chi connectivity index (χ0n) is 11.4. The van der Waals surface area contributed by atoms with Crippen molar-refractivity contribution in [2.45, 2.75) is 13.8 Å². The Morgan fingerprint density at radius 2 is 1.80 bits per heavy atom. The molecule has 20 heavy (non-hydrogen) atoms. The number of hydrogen-bond donors (Lipinski definition) is 1. The minimum absolute atomic E-state index is 0.127. The molecule has 0 aliphatic carbocycles. The second-order valence-corrected chi connectivity index (χ2v) is 4.29. The molecule has 0 aliphatic rings. The molecule has 104 valence electrons. The van der Waals surface area contributed by atoms with Crippen molar-refractivity contribution in [1.29, 1.82) is 0 Å². The molecule has 0 saturated heterocycles. The van der Waals surface area contributed by atoms with Crippen molar-refractivity contribution in [3.63, 3.8) is 0 Å². The SMILES string of the molecule is CCOc1ccccc1Oc1cc(C)ccc1C(=O)O. The fraction of sp³-hybridized carbons (Fsp3) is 0.188. The molecule has 0 amide bonds. The maximum Gasteiger partial charge on any atom is 0.339 e. The van der Waals surface area contributed by atoms with Gasteiger partial charge in [0.15, 0.2) is 11.5 Å². The number of ether oxygens (including phenoxy) is 2. The second kappa shape index (κ2) is 6.10. The third-order valence-corrected chi connectivity index (χ3v) is 2.74. The number of hydrogen-bond acceptors (Lipinski definition) is 3. The first kappa shape index (κ1) is 13.9. The van der Waals surface area contributed by atoms with Gasteiger partial charge < -0.3 is 14.6 Å². The van der Waals surface area contributed by atoms with Gasteiger partial charge in [-0.05, 0) is 43.7 Å². The summed E-state index contributed by atoms with van der Waals surface area (Å²) in [5.74, 6) is 0.383. The summed E-state index contributed by atoms with van der Waals surface area (Å²) < 4.78 is 11.2.